The molecule has 0 saturated heterocycles. The largest absolute Gasteiger partial charge is 0.350 e. The van der Waals surface area contributed by atoms with Gasteiger partial charge in [0, 0.05) is 29.6 Å². The molecule has 0 spiro atoms. The zero-order chi connectivity index (χ0) is 18.7. The van der Waals surface area contributed by atoms with Gasteiger partial charge in [0.1, 0.15) is 11.5 Å². The molecule has 8 heteroatoms. The summed E-state index contributed by atoms with van der Waals surface area (Å²) in [6.07, 6.45) is 0. The topological polar surface area (TPSA) is 74.0 Å². The fourth-order valence-electron chi connectivity index (χ4n) is 2.43. The van der Waals surface area contributed by atoms with Crippen molar-refractivity contribution >= 4 is 45.9 Å². The fraction of sp³-hybridized carbons (Fsp3) is 0.111. The highest BCUT2D eigenvalue weighted by atomic mass is 35.5. The summed E-state index contributed by atoms with van der Waals surface area (Å²) in [6.45, 7) is 0.434. The van der Waals surface area contributed by atoms with E-state index in [0.29, 0.717) is 26.5 Å². The molecule has 5 nitrogen and oxygen atoms in total. The van der Waals surface area contributed by atoms with Crippen molar-refractivity contribution in [1.29, 1.82) is 0 Å². The first-order chi connectivity index (χ1) is 12.5. The van der Waals surface area contributed by atoms with Gasteiger partial charge >= 0.3 is 0 Å². The minimum Gasteiger partial charge on any atom is -0.350 e. The van der Waals surface area contributed by atoms with E-state index in [9.17, 15) is 14.0 Å². The molecule has 0 radical (unpaired) electrons. The highest BCUT2D eigenvalue weighted by Gasteiger charge is 2.12. The highest BCUT2D eigenvalue weighted by Crippen LogP contribution is 2.22. The molecule has 0 saturated carbocycles. The first kappa shape index (κ1) is 18.2. The van der Waals surface area contributed by atoms with Crippen LogP contribution in [0.25, 0.3) is 10.9 Å². The summed E-state index contributed by atoms with van der Waals surface area (Å²) >= 11 is 11.7. The average molecular weight is 394 g/mol. The van der Waals surface area contributed by atoms with Crippen LogP contribution in [0.5, 0.6) is 0 Å². The molecule has 2 aromatic carbocycles. The third kappa shape index (κ3) is 3.98. The van der Waals surface area contributed by atoms with Gasteiger partial charge in [0.05, 0.1) is 10.0 Å². The number of halogens is 3. The number of hydrogen-bond acceptors (Lipinski definition) is 2. The number of H-pyrrole nitrogens is 1. The normalized spacial score (nSPS) is 10.7. The van der Waals surface area contributed by atoms with Crippen LogP contribution in [0.2, 0.25) is 10.0 Å². The van der Waals surface area contributed by atoms with Gasteiger partial charge in [-0.1, -0.05) is 29.3 Å². The molecule has 3 N–H and O–H groups in total. The van der Waals surface area contributed by atoms with Crippen LogP contribution in [0.4, 0.5) is 4.39 Å². The molecular formula is C18H14Cl2FN3O2. The van der Waals surface area contributed by atoms with Crippen molar-refractivity contribution in [3.8, 4) is 0 Å². The van der Waals surface area contributed by atoms with Gasteiger partial charge in [-0.15, -0.1) is 0 Å². The lowest BCUT2D eigenvalue weighted by molar-refractivity contribution is 0.0925. The van der Waals surface area contributed by atoms with Crippen molar-refractivity contribution in [1.82, 2.24) is 15.6 Å². The van der Waals surface area contributed by atoms with Crippen molar-refractivity contribution < 1.29 is 14.0 Å². The monoisotopic (exact) mass is 393 g/mol. The number of carbonyl (C=O) groups excluding carboxylic acids is 2. The lowest BCUT2D eigenvalue weighted by atomic mass is 10.2. The highest BCUT2D eigenvalue weighted by molar-refractivity contribution is 6.42. The summed E-state index contributed by atoms with van der Waals surface area (Å²) in [4.78, 5) is 27.0. The molecule has 134 valence electrons. The Balaban J connectivity index is 1.52. The van der Waals surface area contributed by atoms with Gasteiger partial charge in [0.15, 0.2) is 0 Å². The standard InChI is InChI=1S/C18H14Cl2FN3O2/c19-12-5-4-10(8-13(12)20)17(25)22-6-7-23-18(26)16-9-11-14(21)2-1-3-15(11)24-16/h1-5,8-9,24H,6-7H2,(H,22,25)(H,23,26). The van der Waals surface area contributed by atoms with E-state index in [2.05, 4.69) is 15.6 Å². The van der Waals surface area contributed by atoms with Gasteiger partial charge in [0.2, 0.25) is 0 Å². The van der Waals surface area contributed by atoms with E-state index in [4.69, 9.17) is 23.2 Å². The molecule has 26 heavy (non-hydrogen) atoms. The summed E-state index contributed by atoms with van der Waals surface area (Å²) < 4.78 is 13.7. The number of aromatic nitrogens is 1. The maximum atomic E-state index is 13.7. The van der Waals surface area contributed by atoms with Gasteiger partial charge in [-0.3, -0.25) is 9.59 Å². The van der Waals surface area contributed by atoms with Crippen molar-refractivity contribution in [2.45, 2.75) is 0 Å². The summed E-state index contributed by atoms with van der Waals surface area (Å²) in [5.74, 6) is -1.11. The van der Waals surface area contributed by atoms with Gasteiger partial charge < -0.3 is 15.6 Å². The first-order valence-corrected chi connectivity index (χ1v) is 8.50. The molecule has 3 rings (SSSR count). The lowest BCUT2D eigenvalue weighted by Gasteiger charge is -2.07. The predicted molar refractivity (Wildman–Crippen MR) is 99.4 cm³/mol. The molecule has 1 aromatic heterocycles. The SMILES string of the molecule is O=C(NCCNC(=O)c1cc2c(F)cccc2[nH]1)c1ccc(Cl)c(Cl)c1. The number of amides is 2. The van der Waals surface area contributed by atoms with E-state index >= 15 is 0 Å². The molecule has 0 unspecified atom stereocenters. The number of carbonyl (C=O) groups is 2. The smallest absolute Gasteiger partial charge is 0.267 e. The molecule has 0 aliphatic rings. The molecule has 3 aromatic rings. The summed E-state index contributed by atoms with van der Waals surface area (Å²) in [5.41, 5.74) is 1.17. The Kier molecular flexibility index (Phi) is 5.44. The molecular weight excluding hydrogens is 380 g/mol. The van der Waals surface area contributed by atoms with Crippen LogP contribution >= 0.6 is 23.2 Å². The van der Waals surface area contributed by atoms with Gasteiger partial charge in [0.25, 0.3) is 11.8 Å². The van der Waals surface area contributed by atoms with E-state index in [0.717, 1.165) is 0 Å². The van der Waals surface area contributed by atoms with Gasteiger partial charge in [-0.05, 0) is 36.4 Å². The van der Waals surface area contributed by atoms with E-state index < -0.39 is 5.82 Å². The fourth-order valence-corrected chi connectivity index (χ4v) is 2.73. The van der Waals surface area contributed by atoms with Crippen LogP contribution in [0.3, 0.4) is 0 Å². The Hall–Kier alpha value is -2.57. The Morgan fingerprint density at radius 2 is 1.69 bits per heavy atom. The van der Waals surface area contributed by atoms with Gasteiger partial charge in [-0.2, -0.15) is 0 Å². The van der Waals surface area contributed by atoms with Crippen LogP contribution < -0.4 is 10.6 Å². The number of rotatable bonds is 5. The Labute approximate surface area is 158 Å². The van der Waals surface area contributed by atoms with Gasteiger partial charge in [-0.25, -0.2) is 4.39 Å². The maximum absolute atomic E-state index is 13.7. The van der Waals surface area contributed by atoms with Crippen LogP contribution in [-0.4, -0.2) is 29.9 Å². The number of aromatic amines is 1. The number of nitrogens with one attached hydrogen (secondary N) is 3. The van der Waals surface area contributed by atoms with Crippen LogP contribution in [0, 0.1) is 5.82 Å². The van der Waals surface area contributed by atoms with Crippen molar-refractivity contribution in [2.24, 2.45) is 0 Å². The summed E-state index contributed by atoms with van der Waals surface area (Å²) in [7, 11) is 0. The Morgan fingerprint density at radius 3 is 2.38 bits per heavy atom. The average Bonchev–Trinajstić information content (AvgIpc) is 3.06. The maximum Gasteiger partial charge on any atom is 0.267 e. The second-order valence-electron chi connectivity index (χ2n) is 5.52. The summed E-state index contributed by atoms with van der Waals surface area (Å²) in [5, 5.41) is 6.32. The van der Waals surface area contributed by atoms with Crippen molar-refractivity contribution in [3.63, 3.8) is 0 Å². The second-order valence-corrected chi connectivity index (χ2v) is 6.34. The van der Waals surface area contributed by atoms with E-state index in [1.807, 2.05) is 0 Å². The van der Waals surface area contributed by atoms with Crippen molar-refractivity contribution in [2.75, 3.05) is 13.1 Å². The Bertz CT molecular complexity index is 988. The molecule has 0 bridgehead atoms. The third-order valence-electron chi connectivity index (χ3n) is 3.73. The molecule has 2 amide bonds. The minimum absolute atomic E-state index is 0.212. The first-order valence-electron chi connectivity index (χ1n) is 7.74. The second kappa shape index (κ2) is 7.76. The molecule has 0 aliphatic heterocycles. The lowest BCUT2D eigenvalue weighted by Crippen LogP contribution is -2.34. The van der Waals surface area contributed by atoms with E-state index in [1.54, 1.807) is 18.2 Å². The van der Waals surface area contributed by atoms with Crippen LogP contribution in [-0.2, 0) is 0 Å². The Morgan fingerprint density at radius 1 is 0.962 bits per heavy atom. The quantitative estimate of drug-likeness (QED) is 0.577. The van der Waals surface area contributed by atoms with Crippen LogP contribution in [0.15, 0.2) is 42.5 Å². The third-order valence-corrected chi connectivity index (χ3v) is 4.47. The number of hydrogen-bond donors (Lipinski definition) is 3. The van der Waals surface area contributed by atoms with Crippen LogP contribution in [0.1, 0.15) is 20.8 Å². The number of fused-ring (bicyclic) bond motifs is 1. The van der Waals surface area contributed by atoms with Crippen molar-refractivity contribution in [3.05, 3.63) is 69.6 Å². The zero-order valence-corrected chi connectivity index (χ0v) is 14.9. The molecule has 0 atom stereocenters. The number of benzene rings is 2. The zero-order valence-electron chi connectivity index (χ0n) is 13.4. The summed E-state index contributed by atoms with van der Waals surface area (Å²) in [6, 6.07) is 10.6. The predicted octanol–water partition coefficient (Wildman–Crippen LogP) is 3.77. The molecule has 0 fully saturated rings. The minimum atomic E-state index is -0.397. The van der Waals surface area contributed by atoms with E-state index in [1.165, 1.54) is 24.3 Å². The molecule has 1 heterocycles. The van der Waals surface area contributed by atoms with E-state index in [-0.39, 0.29) is 30.6 Å². The molecule has 0 aliphatic carbocycles.